The van der Waals surface area contributed by atoms with Crippen molar-refractivity contribution >= 4 is 70.7 Å². The molecule has 5 unspecified atom stereocenters. The summed E-state index contributed by atoms with van der Waals surface area (Å²) in [5.41, 5.74) is 10.2. The van der Waals surface area contributed by atoms with Crippen molar-refractivity contribution < 1.29 is 4.42 Å². The number of allylic oxidation sites excluding steroid dienone is 5. The highest BCUT2D eigenvalue weighted by Gasteiger charge is 2.38. The summed E-state index contributed by atoms with van der Waals surface area (Å²) >= 11 is 1.89. The van der Waals surface area contributed by atoms with Gasteiger partial charge in [-0.05, 0) is 65.6 Å². The topological polar surface area (TPSA) is 52.8 Å². The molecule has 0 radical (unpaired) electrons. The van der Waals surface area contributed by atoms with Crippen molar-refractivity contribution in [1.29, 1.82) is 0 Å². The van der Waals surface area contributed by atoms with Gasteiger partial charge in [-0.3, -0.25) is 5.32 Å². The number of hydrogen-bond acceptors (Lipinski definition) is 6. The molecule has 0 spiro atoms. The van der Waals surface area contributed by atoms with E-state index in [2.05, 4.69) is 192 Å². The van der Waals surface area contributed by atoms with Crippen molar-refractivity contribution in [3.8, 4) is 11.1 Å². The van der Waals surface area contributed by atoms with E-state index in [4.69, 9.17) is 9.41 Å². The third-order valence-corrected chi connectivity index (χ3v) is 13.4. The number of nitrogens with zero attached hydrogens (tertiary/aromatic N) is 2. The largest absolute Gasteiger partial charge is 0.455 e. The molecule has 0 saturated carbocycles. The Morgan fingerprint density at radius 2 is 1.47 bits per heavy atom. The highest BCUT2D eigenvalue weighted by atomic mass is 32.1. The number of benzene rings is 6. The summed E-state index contributed by atoms with van der Waals surface area (Å²) in [4.78, 5) is 7.82. The molecule has 4 heterocycles. The van der Waals surface area contributed by atoms with Gasteiger partial charge in [0.1, 0.15) is 29.3 Å². The van der Waals surface area contributed by atoms with Gasteiger partial charge in [-0.15, -0.1) is 11.3 Å². The van der Waals surface area contributed by atoms with Crippen molar-refractivity contribution in [3.63, 3.8) is 0 Å². The van der Waals surface area contributed by atoms with E-state index in [1.54, 1.807) is 0 Å². The zero-order valence-electron chi connectivity index (χ0n) is 31.0. The first-order chi connectivity index (χ1) is 28.2. The number of para-hydroxylation sites is 2. The summed E-state index contributed by atoms with van der Waals surface area (Å²) in [5, 5.41) is 12.2. The van der Waals surface area contributed by atoms with E-state index in [-0.39, 0.29) is 24.3 Å². The van der Waals surface area contributed by atoms with Crippen LogP contribution in [0.3, 0.4) is 0 Å². The Kier molecular flexibility index (Phi) is 7.50. The van der Waals surface area contributed by atoms with Gasteiger partial charge < -0.3 is 14.6 Å². The third-order valence-electron chi connectivity index (χ3n) is 12.2. The normalized spacial score (nSPS) is 22.4. The zero-order valence-corrected chi connectivity index (χ0v) is 31.9. The molecule has 5 nitrogen and oxygen atoms in total. The van der Waals surface area contributed by atoms with Gasteiger partial charge >= 0.3 is 0 Å². The van der Waals surface area contributed by atoms with E-state index in [9.17, 15) is 0 Å². The molecule has 0 amide bonds. The van der Waals surface area contributed by atoms with Gasteiger partial charge in [-0.2, -0.15) is 0 Å². The Bertz CT molecular complexity index is 3060. The quantitative estimate of drug-likeness (QED) is 0.184. The van der Waals surface area contributed by atoms with Gasteiger partial charge in [0.25, 0.3) is 0 Å². The van der Waals surface area contributed by atoms with E-state index in [0.29, 0.717) is 5.92 Å². The number of fused-ring (bicyclic) bond motifs is 9. The highest BCUT2D eigenvalue weighted by Crippen LogP contribution is 2.51. The highest BCUT2D eigenvalue weighted by molar-refractivity contribution is 7.26. The maximum atomic E-state index is 6.73. The number of nitrogens with one attached hydrogen (secondary N) is 2. The lowest BCUT2D eigenvalue weighted by molar-refractivity contribution is 0.339. The molecule has 274 valence electrons. The van der Waals surface area contributed by atoms with E-state index in [1.165, 1.54) is 42.7 Å². The molecule has 2 aliphatic carbocycles. The minimum absolute atomic E-state index is 0.0560. The fourth-order valence-electron chi connectivity index (χ4n) is 9.48. The lowest BCUT2D eigenvalue weighted by Crippen LogP contribution is -2.50. The Labute approximate surface area is 334 Å². The Morgan fingerprint density at radius 3 is 2.40 bits per heavy atom. The molecular formula is C51H38N4OS. The van der Waals surface area contributed by atoms with Crippen LogP contribution in [0.1, 0.15) is 35.2 Å². The summed E-state index contributed by atoms with van der Waals surface area (Å²) in [6, 6.07) is 46.5. The molecule has 12 rings (SSSR count). The molecule has 2 aliphatic heterocycles. The molecule has 6 aromatic carbocycles. The SMILES string of the molecule is C1=CCC(C2N=C(c3ccc4oc5c(-c6ccc7sc8c(N9c%10ccccc%10C%10C=CC=CC%109)cccc8c7c6)cccc5c4c3)NC(c3ccccc3)N2)C=C1. The van der Waals surface area contributed by atoms with Gasteiger partial charge in [-0.25, -0.2) is 4.99 Å². The molecule has 0 fully saturated rings. The van der Waals surface area contributed by atoms with Crippen molar-refractivity contribution in [3.05, 3.63) is 193 Å². The van der Waals surface area contributed by atoms with Gasteiger partial charge in [-0.1, -0.05) is 134 Å². The van der Waals surface area contributed by atoms with Gasteiger partial charge in [0.05, 0.1) is 16.4 Å². The van der Waals surface area contributed by atoms with E-state index >= 15 is 0 Å². The average molecular weight is 755 g/mol. The molecule has 0 bridgehead atoms. The number of anilines is 2. The summed E-state index contributed by atoms with van der Waals surface area (Å²) < 4.78 is 9.34. The average Bonchev–Trinajstić information content (AvgIpc) is 3.96. The number of aliphatic imine (C=N–C) groups is 1. The molecule has 8 aromatic rings. The minimum Gasteiger partial charge on any atom is -0.455 e. The lowest BCUT2D eigenvalue weighted by Gasteiger charge is -2.35. The number of hydrogen-bond donors (Lipinski definition) is 2. The van der Waals surface area contributed by atoms with Gasteiger partial charge in [0.15, 0.2) is 0 Å². The van der Waals surface area contributed by atoms with Crippen LogP contribution in [0.25, 0.3) is 53.2 Å². The zero-order chi connectivity index (χ0) is 37.5. The van der Waals surface area contributed by atoms with Crippen LogP contribution in [0, 0.1) is 5.92 Å². The summed E-state index contributed by atoms with van der Waals surface area (Å²) in [5.74, 6) is 1.52. The smallest absolute Gasteiger partial charge is 0.143 e. The summed E-state index contributed by atoms with van der Waals surface area (Å²) in [6.45, 7) is 0. The molecule has 4 aliphatic rings. The third kappa shape index (κ3) is 5.28. The number of thiophene rings is 1. The molecule has 0 saturated heterocycles. The monoisotopic (exact) mass is 754 g/mol. The van der Waals surface area contributed by atoms with E-state index < -0.39 is 0 Å². The molecule has 57 heavy (non-hydrogen) atoms. The van der Waals surface area contributed by atoms with Crippen molar-refractivity contribution in [2.75, 3.05) is 4.90 Å². The first-order valence-electron chi connectivity index (χ1n) is 19.9. The maximum absolute atomic E-state index is 6.73. The van der Waals surface area contributed by atoms with Gasteiger partial charge in [0.2, 0.25) is 0 Å². The molecule has 2 N–H and O–H groups in total. The Morgan fingerprint density at radius 1 is 0.667 bits per heavy atom. The number of rotatable bonds is 5. The number of furan rings is 1. The van der Waals surface area contributed by atoms with Crippen LogP contribution in [0.5, 0.6) is 0 Å². The maximum Gasteiger partial charge on any atom is 0.143 e. The van der Waals surface area contributed by atoms with Crippen molar-refractivity contribution in [2.45, 2.75) is 30.7 Å². The lowest BCUT2D eigenvalue weighted by atomic mass is 9.91. The van der Waals surface area contributed by atoms with Crippen LogP contribution in [-0.2, 0) is 0 Å². The molecular weight excluding hydrogens is 717 g/mol. The van der Waals surface area contributed by atoms with Crippen LogP contribution in [-0.4, -0.2) is 18.0 Å². The van der Waals surface area contributed by atoms with Crippen LogP contribution in [0.2, 0.25) is 0 Å². The van der Waals surface area contributed by atoms with Crippen LogP contribution in [0.15, 0.2) is 185 Å². The molecule has 6 heteroatoms. The summed E-state index contributed by atoms with van der Waals surface area (Å²) in [7, 11) is 0. The second-order valence-corrected chi connectivity index (χ2v) is 16.5. The first-order valence-corrected chi connectivity index (χ1v) is 20.7. The predicted octanol–water partition coefficient (Wildman–Crippen LogP) is 12.4. The molecule has 2 aromatic heterocycles. The van der Waals surface area contributed by atoms with Crippen molar-refractivity contribution in [1.82, 2.24) is 10.6 Å². The number of amidine groups is 1. The van der Waals surface area contributed by atoms with E-state index in [0.717, 1.165) is 50.9 Å². The van der Waals surface area contributed by atoms with Crippen molar-refractivity contribution in [2.24, 2.45) is 10.9 Å². The fraction of sp³-hybridized carbons (Fsp3) is 0.118. The summed E-state index contributed by atoms with van der Waals surface area (Å²) in [6.07, 6.45) is 18.7. The van der Waals surface area contributed by atoms with Crippen LogP contribution < -0.4 is 15.5 Å². The second kappa shape index (κ2) is 13.1. The Balaban J connectivity index is 0.936. The Hall–Kier alpha value is -6.47. The van der Waals surface area contributed by atoms with Gasteiger partial charge in [0, 0.05) is 54.9 Å². The second-order valence-electron chi connectivity index (χ2n) is 15.5. The standard InChI is InChI=1S/C51H38N4OS/c1-3-13-31(14-4-1)49-52-50(32-15-5-2-6-16-32)54-51(53-49)34-25-27-45-40(30-34)38-20-11-19-35(47(38)56-45)33-26-28-46-41(29-33)39-21-12-24-44(48(39)57-46)55-42-22-9-7-17-36(42)37-18-8-10-23-43(37)55/h1-15,17-30,32,36,42,49-50,52H,16H2,(H,53,54). The first kappa shape index (κ1) is 32.7. The van der Waals surface area contributed by atoms with Crippen LogP contribution in [0.4, 0.5) is 11.4 Å². The fourth-order valence-corrected chi connectivity index (χ4v) is 10.7. The minimum atomic E-state index is -0.0603. The van der Waals surface area contributed by atoms with E-state index in [1.807, 2.05) is 11.3 Å². The van der Waals surface area contributed by atoms with Crippen LogP contribution >= 0.6 is 11.3 Å². The molecule has 5 atom stereocenters. The predicted molar refractivity (Wildman–Crippen MR) is 238 cm³/mol.